The number of likely N-dealkylation sites (tertiary alicyclic amines) is 1. The standard InChI is InChI=1S/C26H32N4O8/c31-20(32)14-27-22(33)21-23(34)29(18-10-5-2-6-11-18)25(36)30(24(21)35)19-12-7-13-28(15-19)26(37)38-16-17-8-3-1-4-9-17/h1,3-4,8-9,18-19,34H,2,5-7,10-16H2,(H,27,33)(H,31,32). The van der Waals surface area contributed by atoms with E-state index in [9.17, 15) is 29.1 Å². The lowest BCUT2D eigenvalue weighted by Crippen LogP contribution is -2.51. The molecular weight excluding hydrogens is 496 g/mol. The van der Waals surface area contributed by atoms with Crippen molar-refractivity contribution < 1.29 is 29.3 Å². The Hall–Kier alpha value is -4.09. The molecule has 38 heavy (non-hydrogen) atoms. The van der Waals surface area contributed by atoms with Crippen LogP contribution in [-0.4, -0.2) is 61.9 Å². The summed E-state index contributed by atoms with van der Waals surface area (Å²) < 4.78 is 7.44. The Morgan fingerprint density at radius 3 is 2.32 bits per heavy atom. The predicted molar refractivity (Wildman–Crippen MR) is 135 cm³/mol. The first-order valence-corrected chi connectivity index (χ1v) is 12.8. The molecule has 1 unspecified atom stereocenters. The maximum Gasteiger partial charge on any atom is 0.410 e. The smallest absolute Gasteiger partial charge is 0.410 e. The number of carboxylic acid groups (broad SMARTS) is 1. The normalized spacial score (nSPS) is 18.1. The highest BCUT2D eigenvalue weighted by molar-refractivity contribution is 5.97. The van der Waals surface area contributed by atoms with E-state index in [0.29, 0.717) is 32.2 Å². The van der Waals surface area contributed by atoms with Crippen molar-refractivity contribution in [2.75, 3.05) is 19.6 Å². The van der Waals surface area contributed by atoms with Gasteiger partial charge in [0.25, 0.3) is 11.5 Å². The van der Waals surface area contributed by atoms with Crippen molar-refractivity contribution in [1.29, 1.82) is 0 Å². The van der Waals surface area contributed by atoms with E-state index in [1.165, 1.54) is 4.90 Å². The predicted octanol–water partition coefficient (Wildman–Crippen LogP) is 2.01. The molecule has 4 rings (SSSR count). The molecule has 1 saturated heterocycles. The monoisotopic (exact) mass is 528 g/mol. The van der Waals surface area contributed by atoms with Gasteiger partial charge in [-0.1, -0.05) is 49.6 Å². The zero-order valence-corrected chi connectivity index (χ0v) is 21.0. The molecule has 1 aromatic carbocycles. The lowest BCUT2D eigenvalue weighted by molar-refractivity contribution is -0.135. The van der Waals surface area contributed by atoms with Crippen molar-refractivity contribution in [3.63, 3.8) is 0 Å². The van der Waals surface area contributed by atoms with Crippen molar-refractivity contribution in [3.8, 4) is 5.88 Å². The van der Waals surface area contributed by atoms with E-state index in [0.717, 1.165) is 34.0 Å². The van der Waals surface area contributed by atoms with Crippen LogP contribution < -0.4 is 16.6 Å². The minimum Gasteiger partial charge on any atom is -0.494 e. The molecule has 1 saturated carbocycles. The quantitative estimate of drug-likeness (QED) is 0.492. The number of hydrogen-bond acceptors (Lipinski definition) is 7. The Bertz CT molecular complexity index is 1300. The summed E-state index contributed by atoms with van der Waals surface area (Å²) in [4.78, 5) is 65.1. The van der Waals surface area contributed by atoms with Crippen LogP contribution in [-0.2, 0) is 16.1 Å². The molecule has 2 aromatic rings. The van der Waals surface area contributed by atoms with Crippen molar-refractivity contribution >= 4 is 18.0 Å². The van der Waals surface area contributed by atoms with Gasteiger partial charge in [0.1, 0.15) is 13.2 Å². The SMILES string of the molecule is O=C(O)CNC(=O)c1c(O)n(C2CCCCC2)c(=O)n(C2CCCN(C(=O)OCc3ccccc3)C2)c1=O. The minimum absolute atomic E-state index is 0.00833. The molecule has 1 aromatic heterocycles. The summed E-state index contributed by atoms with van der Waals surface area (Å²) in [5.74, 6) is -3.17. The summed E-state index contributed by atoms with van der Waals surface area (Å²) in [7, 11) is 0. The van der Waals surface area contributed by atoms with Gasteiger partial charge in [-0.15, -0.1) is 0 Å². The molecule has 1 aliphatic carbocycles. The molecule has 0 bridgehead atoms. The minimum atomic E-state index is -1.32. The molecule has 3 N–H and O–H groups in total. The highest BCUT2D eigenvalue weighted by Crippen LogP contribution is 2.31. The third-order valence-electron chi connectivity index (χ3n) is 7.09. The van der Waals surface area contributed by atoms with Gasteiger partial charge >= 0.3 is 17.8 Å². The highest BCUT2D eigenvalue weighted by atomic mass is 16.6. The molecule has 1 aliphatic heterocycles. The molecule has 2 amide bonds. The van der Waals surface area contributed by atoms with E-state index in [-0.39, 0.29) is 13.2 Å². The zero-order chi connectivity index (χ0) is 27.2. The average molecular weight is 529 g/mol. The first kappa shape index (κ1) is 27.0. The summed E-state index contributed by atoms with van der Waals surface area (Å²) in [6.07, 6.45) is 4.08. The molecule has 0 spiro atoms. The fourth-order valence-electron chi connectivity index (χ4n) is 5.21. The average Bonchev–Trinajstić information content (AvgIpc) is 2.92. The summed E-state index contributed by atoms with van der Waals surface area (Å²) in [5.41, 5.74) is -1.64. The number of nitrogens with one attached hydrogen (secondary N) is 1. The Kier molecular flexibility index (Phi) is 8.49. The van der Waals surface area contributed by atoms with Gasteiger partial charge < -0.3 is 25.2 Å². The molecule has 12 nitrogen and oxygen atoms in total. The van der Waals surface area contributed by atoms with Gasteiger partial charge in [-0.3, -0.25) is 23.5 Å². The number of benzene rings is 1. The number of carbonyl (C=O) groups excluding carboxylic acids is 2. The number of aliphatic carboxylic acids is 1. The summed E-state index contributed by atoms with van der Waals surface area (Å²) in [6, 6.07) is 8.00. The second kappa shape index (κ2) is 12.0. The van der Waals surface area contributed by atoms with Crippen LogP contribution in [0, 0.1) is 0 Å². The van der Waals surface area contributed by atoms with Gasteiger partial charge in [0.2, 0.25) is 5.88 Å². The number of piperidine rings is 1. The van der Waals surface area contributed by atoms with Crippen LogP contribution in [0.1, 0.15) is 73.0 Å². The summed E-state index contributed by atoms with van der Waals surface area (Å²) in [6.45, 7) is -0.304. The highest BCUT2D eigenvalue weighted by Gasteiger charge is 2.34. The van der Waals surface area contributed by atoms with Gasteiger partial charge in [0.15, 0.2) is 5.56 Å². The van der Waals surface area contributed by atoms with Crippen LogP contribution in [0.3, 0.4) is 0 Å². The Balaban J connectivity index is 1.66. The molecule has 2 heterocycles. The number of ether oxygens (including phenoxy) is 1. The van der Waals surface area contributed by atoms with Crippen molar-refractivity contribution in [2.45, 2.75) is 63.6 Å². The number of aromatic nitrogens is 2. The second-order valence-corrected chi connectivity index (χ2v) is 9.68. The molecule has 1 atom stereocenters. The fourth-order valence-corrected chi connectivity index (χ4v) is 5.21. The zero-order valence-electron chi connectivity index (χ0n) is 21.0. The number of hydrogen-bond donors (Lipinski definition) is 3. The first-order chi connectivity index (χ1) is 18.3. The molecule has 12 heteroatoms. The second-order valence-electron chi connectivity index (χ2n) is 9.68. The maximum absolute atomic E-state index is 13.6. The van der Waals surface area contributed by atoms with Crippen LogP contribution in [0.15, 0.2) is 39.9 Å². The summed E-state index contributed by atoms with van der Waals surface area (Å²) >= 11 is 0. The van der Waals surface area contributed by atoms with Crippen LogP contribution in [0.25, 0.3) is 0 Å². The van der Waals surface area contributed by atoms with E-state index < -0.39 is 59.3 Å². The topological polar surface area (TPSA) is 160 Å². The summed E-state index contributed by atoms with van der Waals surface area (Å²) in [5, 5.41) is 22.0. The van der Waals surface area contributed by atoms with Crippen LogP contribution in [0.5, 0.6) is 5.88 Å². The number of amides is 2. The Morgan fingerprint density at radius 2 is 1.63 bits per heavy atom. The van der Waals surface area contributed by atoms with Crippen molar-refractivity contribution in [2.24, 2.45) is 0 Å². The number of carbonyl (C=O) groups is 3. The number of nitrogens with zero attached hydrogens (tertiary/aromatic N) is 3. The number of carboxylic acids is 1. The largest absolute Gasteiger partial charge is 0.494 e. The van der Waals surface area contributed by atoms with Gasteiger partial charge in [-0.2, -0.15) is 0 Å². The van der Waals surface area contributed by atoms with E-state index in [1.807, 2.05) is 30.3 Å². The molecule has 2 fully saturated rings. The molecular formula is C26H32N4O8. The molecule has 0 radical (unpaired) electrons. The van der Waals surface area contributed by atoms with Crippen LogP contribution >= 0.6 is 0 Å². The van der Waals surface area contributed by atoms with Crippen LogP contribution in [0.4, 0.5) is 4.79 Å². The maximum atomic E-state index is 13.6. The third kappa shape index (κ3) is 5.90. The Labute approximate surface area is 218 Å². The van der Waals surface area contributed by atoms with Crippen molar-refractivity contribution in [3.05, 3.63) is 62.3 Å². The fraction of sp³-hybridized carbons (Fsp3) is 0.500. The van der Waals surface area contributed by atoms with Crippen molar-refractivity contribution in [1.82, 2.24) is 19.4 Å². The van der Waals surface area contributed by atoms with E-state index in [2.05, 4.69) is 5.32 Å². The number of aromatic hydroxyl groups is 1. The van der Waals surface area contributed by atoms with Gasteiger partial charge in [-0.05, 0) is 31.2 Å². The Morgan fingerprint density at radius 1 is 0.947 bits per heavy atom. The van der Waals surface area contributed by atoms with E-state index in [1.54, 1.807) is 0 Å². The molecule has 204 valence electrons. The van der Waals surface area contributed by atoms with Crippen LogP contribution in [0.2, 0.25) is 0 Å². The van der Waals surface area contributed by atoms with Gasteiger partial charge in [0, 0.05) is 19.1 Å². The van der Waals surface area contributed by atoms with E-state index >= 15 is 0 Å². The van der Waals surface area contributed by atoms with Gasteiger partial charge in [-0.25, -0.2) is 9.59 Å². The van der Waals surface area contributed by atoms with Gasteiger partial charge in [0.05, 0.1) is 6.04 Å². The van der Waals surface area contributed by atoms with E-state index in [4.69, 9.17) is 9.84 Å². The first-order valence-electron chi connectivity index (χ1n) is 12.8. The number of rotatable bonds is 7. The lowest BCUT2D eigenvalue weighted by Gasteiger charge is -2.34. The molecule has 2 aliphatic rings. The lowest BCUT2D eigenvalue weighted by atomic mass is 9.95. The third-order valence-corrected chi connectivity index (χ3v) is 7.09.